The Balaban J connectivity index is 0. The summed E-state index contributed by atoms with van der Waals surface area (Å²) in [6.45, 7) is 8.33. The quantitative estimate of drug-likeness (QED) is 0.604. The Kier molecular flexibility index (Phi) is 10.0. The van der Waals surface area contributed by atoms with Crippen LogP contribution in [0.1, 0.15) is 27.2 Å². The zero-order valence-electron chi connectivity index (χ0n) is 11.1. The Hall–Kier alpha value is -1.62. The first-order valence-electron chi connectivity index (χ1n) is 5.17. The molecule has 0 bridgehead atoms. The van der Waals surface area contributed by atoms with Crippen molar-refractivity contribution in [3.63, 3.8) is 0 Å². The van der Waals surface area contributed by atoms with Crippen molar-refractivity contribution in [3.05, 3.63) is 23.8 Å². The molecule has 0 radical (unpaired) electrons. The van der Waals surface area contributed by atoms with Crippen LogP contribution in [-0.4, -0.2) is 36.2 Å². The average molecular weight is 243 g/mol. The third-order valence-corrected chi connectivity index (χ3v) is 1.46. The maximum Gasteiger partial charge on any atom is 0.352 e. The van der Waals surface area contributed by atoms with Crippen LogP contribution in [0.3, 0.4) is 0 Å². The molecule has 0 aliphatic heterocycles. The van der Waals surface area contributed by atoms with Crippen LogP contribution in [0.2, 0.25) is 0 Å². The van der Waals surface area contributed by atoms with Crippen LogP contribution in [0.4, 0.5) is 0 Å². The maximum atomic E-state index is 11.0. The SMILES string of the molecule is C=C(C)C(=O)O.CCC=C(C)C(=O)ON(C)C. The second kappa shape index (κ2) is 9.59. The number of carbonyl (C=O) groups excluding carboxylic acids is 1. The van der Waals surface area contributed by atoms with Crippen LogP contribution < -0.4 is 0 Å². The fraction of sp³-hybridized carbons (Fsp3) is 0.500. The minimum atomic E-state index is -0.935. The molecule has 0 rings (SSSR count). The van der Waals surface area contributed by atoms with Crippen LogP contribution in [0.25, 0.3) is 0 Å². The summed E-state index contributed by atoms with van der Waals surface area (Å²) in [7, 11) is 3.36. The van der Waals surface area contributed by atoms with Gasteiger partial charge >= 0.3 is 11.9 Å². The molecule has 0 saturated carbocycles. The molecule has 1 N–H and O–H groups in total. The van der Waals surface area contributed by atoms with E-state index in [1.165, 1.54) is 12.0 Å². The summed E-state index contributed by atoms with van der Waals surface area (Å²) < 4.78 is 0. The highest BCUT2D eigenvalue weighted by Gasteiger charge is 2.05. The molecule has 0 saturated heterocycles. The predicted octanol–water partition coefficient (Wildman–Crippen LogP) is 2.01. The van der Waals surface area contributed by atoms with E-state index in [1.54, 1.807) is 21.0 Å². The summed E-state index contributed by atoms with van der Waals surface area (Å²) in [6, 6.07) is 0. The zero-order chi connectivity index (χ0) is 14.0. The van der Waals surface area contributed by atoms with E-state index in [4.69, 9.17) is 9.94 Å². The molecule has 0 aliphatic rings. The summed E-state index contributed by atoms with van der Waals surface area (Å²) in [5.41, 5.74) is 0.830. The Morgan fingerprint density at radius 1 is 1.35 bits per heavy atom. The molecule has 0 spiro atoms. The molecule has 0 unspecified atom stereocenters. The Morgan fingerprint density at radius 3 is 2.00 bits per heavy atom. The molecule has 5 nitrogen and oxygen atoms in total. The number of carboxylic acids is 1. The normalized spacial score (nSPS) is 10.4. The number of carboxylic acid groups (broad SMARTS) is 1. The third-order valence-electron chi connectivity index (χ3n) is 1.46. The van der Waals surface area contributed by atoms with Crippen molar-refractivity contribution in [3.8, 4) is 0 Å². The molecule has 0 aliphatic carbocycles. The van der Waals surface area contributed by atoms with Gasteiger partial charge in [-0.05, 0) is 20.3 Å². The monoisotopic (exact) mass is 243 g/mol. The Morgan fingerprint density at radius 2 is 1.76 bits per heavy atom. The molecular formula is C12H21NO4. The van der Waals surface area contributed by atoms with E-state index in [0.29, 0.717) is 5.57 Å². The van der Waals surface area contributed by atoms with Gasteiger partial charge in [0.2, 0.25) is 0 Å². The van der Waals surface area contributed by atoms with Crippen molar-refractivity contribution in [2.45, 2.75) is 27.2 Å². The third kappa shape index (κ3) is 12.3. The minimum Gasteiger partial charge on any atom is -0.478 e. The van der Waals surface area contributed by atoms with Gasteiger partial charge in [-0.3, -0.25) is 0 Å². The lowest BCUT2D eigenvalue weighted by Gasteiger charge is -2.09. The van der Waals surface area contributed by atoms with Gasteiger partial charge in [0.25, 0.3) is 0 Å². The lowest BCUT2D eigenvalue weighted by molar-refractivity contribution is -0.172. The van der Waals surface area contributed by atoms with Crippen LogP contribution in [-0.2, 0) is 14.4 Å². The molecule has 0 aromatic heterocycles. The molecule has 0 heterocycles. The maximum absolute atomic E-state index is 11.0. The lowest BCUT2D eigenvalue weighted by atomic mass is 10.2. The molecule has 0 amide bonds. The molecular weight excluding hydrogens is 222 g/mol. The highest BCUT2D eigenvalue weighted by Crippen LogP contribution is 1.98. The van der Waals surface area contributed by atoms with E-state index in [0.717, 1.165) is 6.42 Å². The first-order valence-corrected chi connectivity index (χ1v) is 5.17. The van der Waals surface area contributed by atoms with Crippen LogP contribution in [0, 0.1) is 0 Å². The molecule has 5 heteroatoms. The first-order chi connectivity index (χ1) is 7.72. The van der Waals surface area contributed by atoms with E-state index in [2.05, 4.69) is 6.58 Å². The predicted molar refractivity (Wildman–Crippen MR) is 66.3 cm³/mol. The van der Waals surface area contributed by atoms with Crippen molar-refractivity contribution in [2.75, 3.05) is 14.1 Å². The fourth-order valence-electron chi connectivity index (χ4n) is 0.627. The summed E-state index contributed by atoms with van der Waals surface area (Å²) in [4.78, 5) is 25.4. The Bertz CT molecular complexity index is 294. The molecule has 0 aromatic carbocycles. The number of nitrogens with zero attached hydrogens (tertiary/aromatic N) is 1. The first kappa shape index (κ1) is 17.8. The molecule has 17 heavy (non-hydrogen) atoms. The summed E-state index contributed by atoms with van der Waals surface area (Å²) >= 11 is 0. The number of carbonyl (C=O) groups is 2. The van der Waals surface area contributed by atoms with E-state index in [1.807, 2.05) is 13.0 Å². The van der Waals surface area contributed by atoms with Gasteiger partial charge in [0.15, 0.2) is 0 Å². The number of aliphatic carboxylic acids is 1. The van der Waals surface area contributed by atoms with Crippen LogP contribution >= 0.6 is 0 Å². The number of allylic oxidation sites excluding steroid dienone is 1. The summed E-state index contributed by atoms with van der Waals surface area (Å²) in [5.74, 6) is -1.22. The largest absolute Gasteiger partial charge is 0.478 e. The van der Waals surface area contributed by atoms with Crippen molar-refractivity contribution in [1.29, 1.82) is 0 Å². The van der Waals surface area contributed by atoms with Crippen molar-refractivity contribution in [2.24, 2.45) is 0 Å². The van der Waals surface area contributed by atoms with Gasteiger partial charge in [0, 0.05) is 25.2 Å². The zero-order valence-corrected chi connectivity index (χ0v) is 11.1. The number of hydrogen-bond acceptors (Lipinski definition) is 4. The van der Waals surface area contributed by atoms with Crippen LogP contribution in [0.5, 0.6) is 0 Å². The van der Waals surface area contributed by atoms with Crippen molar-refractivity contribution >= 4 is 11.9 Å². The summed E-state index contributed by atoms with van der Waals surface area (Å²) in [6.07, 6.45) is 2.69. The van der Waals surface area contributed by atoms with Gasteiger partial charge in [0.1, 0.15) is 0 Å². The molecule has 0 aromatic rings. The second-order valence-electron chi connectivity index (χ2n) is 3.57. The van der Waals surface area contributed by atoms with Crippen molar-refractivity contribution in [1.82, 2.24) is 5.06 Å². The fourth-order valence-corrected chi connectivity index (χ4v) is 0.627. The highest BCUT2D eigenvalue weighted by molar-refractivity contribution is 5.87. The number of hydroxylamine groups is 2. The minimum absolute atomic E-state index is 0.176. The van der Waals surface area contributed by atoms with Gasteiger partial charge < -0.3 is 9.94 Å². The molecule has 0 fully saturated rings. The topological polar surface area (TPSA) is 66.8 Å². The molecule has 98 valence electrons. The van der Waals surface area contributed by atoms with E-state index < -0.39 is 5.97 Å². The van der Waals surface area contributed by atoms with Gasteiger partial charge in [-0.25, -0.2) is 9.59 Å². The number of hydrogen-bond donors (Lipinski definition) is 1. The van der Waals surface area contributed by atoms with Crippen molar-refractivity contribution < 1.29 is 19.5 Å². The average Bonchev–Trinajstić information content (AvgIpc) is 2.17. The smallest absolute Gasteiger partial charge is 0.352 e. The van der Waals surface area contributed by atoms with Gasteiger partial charge in [0.05, 0.1) is 0 Å². The lowest BCUT2D eigenvalue weighted by Crippen LogP contribution is -2.18. The van der Waals surface area contributed by atoms with Crippen LogP contribution in [0.15, 0.2) is 23.8 Å². The van der Waals surface area contributed by atoms with Gasteiger partial charge in [-0.1, -0.05) is 19.6 Å². The standard InChI is InChI=1S/C8H15NO2.C4H6O2/c1-5-6-7(2)8(10)11-9(3)4;1-3(2)4(5)6/h6H,5H2,1-4H3;1H2,2H3,(H,5,6). The Labute approximate surface area is 102 Å². The van der Waals surface area contributed by atoms with E-state index >= 15 is 0 Å². The molecule has 0 atom stereocenters. The second-order valence-corrected chi connectivity index (χ2v) is 3.57. The van der Waals surface area contributed by atoms with Gasteiger partial charge in [-0.15, -0.1) is 5.06 Å². The summed E-state index contributed by atoms with van der Waals surface area (Å²) in [5, 5.41) is 9.28. The van der Waals surface area contributed by atoms with E-state index in [9.17, 15) is 9.59 Å². The van der Waals surface area contributed by atoms with E-state index in [-0.39, 0.29) is 11.5 Å². The van der Waals surface area contributed by atoms with Gasteiger partial charge in [-0.2, -0.15) is 0 Å². The highest BCUT2D eigenvalue weighted by atomic mass is 16.7. The number of rotatable bonds is 4.